The molecule has 0 amide bonds. The van der Waals surface area contributed by atoms with Crippen LogP contribution in [0.2, 0.25) is 0 Å². The molecule has 0 aromatic heterocycles. The third-order valence-electron chi connectivity index (χ3n) is 6.86. The molecular formula is C28H38O7. The van der Waals surface area contributed by atoms with Gasteiger partial charge in [-0.15, -0.1) is 0 Å². The lowest BCUT2D eigenvalue weighted by Gasteiger charge is -2.36. The number of aromatic hydroxyl groups is 2. The van der Waals surface area contributed by atoms with E-state index >= 15 is 0 Å². The van der Waals surface area contributed by atoms with Crippen LogP contribution in [0.5, 0.6) is 11.5 Å². The molecule has 3 N–H and O–H groups in total. The van der Waals surface area contributed by atoms with Crippen molar-refractivity contribution < 1.29 is 34.3 Å². The van der Waals surface area contributed by atoms with E-state index in [-0.39, 0.29) is 35.9 Å². The van der Waals surface area contributed by atoms with Gasteiger partial charge in [-0.3, -0.25) is 0 Å². The number of para-hydroxylation sites is 2. The Balaban J connectivity index is 1.26. The second-order valence-corrected chi connectivity index (χ2v) is 9.70. The van der Waals surface area contributed by atoms with E-state index in [0.29, 0.717) is 30.4 Å². The molecule has 192 valence electrons. The highest BCUT2D eigenvalue weighted by Crippen LogP contribution is 2.37. The predicted molar refractivity (Wildman–Crippen MR) is 131 cm³/mol. The maximum Gasteiger partial charge on any atom is 0.188 e. The molecule has 4 rings (SSSR count). The van der Waals surface area contributed by atoms with Gasteiger partial charge in [0.2, 0.25) is 0 Å². The number of aliphatic hydroxyl groups excluding tert-OH is 1. The summed E-state index contributed by atoms with van der Waals surface area (Å²) in [5.41, 5.74) is 1.26. The van der Waals surface area contributed by atoms with Crippen molar-refractivity contribution in [3.05, 3.63) is 59.7 Å². The van der Waals surface area contributed by atoms with E-state index in [0.717, 1.165) is 25.7 Å². The monoisotopic (exact) mass is 486 g/mol. The minimum Gasteiger partial charge on any atom is -0.507 e. The van der Waals surface area contributed by atoms with E-state index < -0.39 is 18.7 Å². The Morgan fingerprint density at radius 2 is 1.37 bits per heavy atom. The summed E-state index contributed by atoms with van der Waals surface area (Å²) >= 11 is 0. The molecule has 2 saturated heterocycles. The fraction of sp³-hybridized carbons (Fsp3) is 0.571. The van der Waals surface area contributed by atoms with Gasteiger partial charge in [0.1, 0.15) is 11.5 Å². The molecule has 7 unspecified atom stereocenters. The van der Waals surface area contributed by atoms with Crippen LogP contribution in [0.3, 0.4) is 0 Å². The Kier molecular flexibility index (Phi) is 9.03. The standard InChI is InChI=1S/C28H38O7/c1-3-20-17-21(34-28(33-20)24-12-5-7-14-26(24)31)10-8-9-19(29)16-22-15-18(2)32-27(35-22)23-11-4-6-13-25(23)30/h4-7,11-14,18-22,27-31H,3,8-10,15-17H2,1-2H3. The van der Waals surface area contributed by atoms with Crippen LogP contribution in [0.1, 0.15) is 82.5 Å². The van der Waals surface area contributed by atoms with Crippen molar-refractivity contribution in [3.63, 3.8) is 0 Å². The number of hydrogen-bond donors (Lipinski definition) is 3. The van der Waals surface area contributed by atoms with Crippen LogP contribution in [0, 0.1) is 0 Å². The maximum absolute atomic E-state index is 10.7. The molecule has 2 aromatic rings. The van der Waals surface area contributed by atoms with Gasteiger partial charge in [0, 0.05) is 17.5 Å². The molecule has 7 atom stereocenters. The summed E-state index contributed by atoms with van der Waals surface area (Å²) in [4.78, 5) is 0. The first kappa shape index (κ1) is 25.9. The number of rotatable bonds is 9. The predicted octanol–water partition coefficient (Wildman–Crippen LogP) is 5.49. The fourth-order valence-corrected chi connectivity index (χ4v) is 4.96. The summed E-state index contributed by atoms with van der Waals surface area (Å²) in [6, 6.07) is 14.2. The SMILES string of the molecule is CCC1CC(CCCC(O)CC2CC(C)OC(c3ccccc3O)O2)OC(c2ccccc2O)O1. The van der Waals surface area contributed by atoms with Gasteiger partial charge in [-0.1, -0.05) is 43.3 Å². The van der Waals surface area contributed by atoms with Gasteiger partial charge < -0.3 is 34.3 Å². The van der Waals surface area contributed by atoms with Gasteiger partial charge in [0.05, 0.1) is 30.5 Å². The van der Waals surface area contributed by atoms with Crippen molar-refractivity contribution in [3.8, 4) is 11.5 Å². The third kappa shape index (κ3) is 6.96. The number of benzene rings is 2. The number of ether oxygens (including phenoxy) is 4. The first-order valence-corrected chi connectivity index (χ1v) is 12.8. The quantitative estimate of drug-likeness (QED) is 0.431. The van der Waals surface area contributed by atoms with Crippen molar-refractivity contribution in [1.29, 1.82) is 0 Å². The second kappa shape index (κ2) is 12.2. The Morgan fingerprint density at radius 1 is 0.800 bits per heavy atom. The molecule has 2 aliphatic rings. The highest BCUT2D eigenvalue weighted by molar-refractivity contribution is 5.33. The largest absolute Gasteiger partial charge is 0.507 e. The lowest BCUT2D eigenvalue weighted by atomic mass is 9.97. The molecular weight excluding hydrogens is 448 g/mol. The van der Waals surface area contributed by atoms with Crippen LogP contribution in [0.4, 0.5) is 0 Å². The lowest BCUT2D eigenvalue weighted by molar-refractivity contribution is -0.250. The van der Waals surface area contributed by atoms with Crippen molar-refractivity contribution in [2.75, 3.05) is 0 Å². The summed E-state index contributed by atoms with van der Waals surface area (Å²) < 4.78 is 24.2. The zero-order valence-corrected chi connectivity index (χ0v) is 20.6. The maximum atomic E-state index is 10.7. The Morgan fingerprint density at radius 3 is 2.00 bits per heavy atom. The van der Waals surface area contributed by atoms with Gasteiger partial charge >= 0.3 is 0 Å². The second-order valence-electron chi connectivity index (χ2n) is 9.70. The Bertz CT molecular complexity index is 935. The zero-order valence-electron chi connectivity index (χ0n) is 20.6. The molecule has 7 heteroatoms. The highest BCUT2D eigenvalue weighted by atomic mass is 16.7. The summed E-state index contributed by atoms with van der Waals surface area (Å²) in [7, 11) is 0. The Labute approximate surface area is 207 Å². The van der Waals surface area contributed by atoms with E-state index in [9.17, 15) is 15.3 Å². The Hall–Kier alpha value is -2.16. The molecule has 2 fully saturated rings. The van der Waals surface area contributed by atoms with Gasteiger partial charge in [-0.25, -0.2) is 0 Å². The van der Waals surface area contributed by atoms with Crippen molar-refractivity contribution in [2.45, 2.75) is 102 Å². The van der Waals surface area contributed by atoms with Crippen LogP contribution >= 0.6 is 0 Å². The number of aliphatic hydroxyl groups is 1. The number of hydrogen-bond acceptors (Lipinski definition) is 7. The summed E-state index contributed by atoms with van der Waals surface area (Å²) in [5, 5.41) is 31.1. The van der Waals surface area contributed by atoms with Gasteiger partial charge in [0.25, 0.3) is 0 Å². The van der Waals surface area contributed by atoms with Crippen LogP contribution in [0.15, 0.2) is 48.5 Å². The average Bonchev–Trinajstić information content (AvgIpc) is 2.84. The molecule has 0 radical (unpaired) electrons. The highest BCUT2D eigenvalue weighted by Gasteiger charge is 2.33. The van der Waals surface area contributed by atoms with E-state index in [2.05, 4.69) is 6.92 Å². The lowest BCUT2D eigenvalue weighted by Crippen LogP contribution is -2.35. The topological polar surface area (TPSA) is 97.6 Å². The van der Waals surface area contributed by atoms with Gasteiger partial charge in [-0.2, -0.15) is 0 Å². The minimum atomic E-state index is -0.634. The average molecular weight is 487 g/mol. The molecule has 2 aromatic carbocycles. The van der Waals surface area contributed by atoms with Gasteiger partial charge in [0.15, 0.2) is 12.6 Å². The molecule has 0 saturated carbocycles. The summed E-state index contributed by atoms with van der Waals surface area (Å²) in [5.74, 6) is 0.325. The van der Waals surface area contributed by atoms with E-state index in [1.165, 1.54) is 0 Å². The molecule has 7 nitrogen and oxygen atoms in total. The van der Waals surface area contributed by atoms with Crippen LogP contribution in [-0.4, -0.2) is 45.8 Å². The zero-order chi connectivity index (χ0) is 24.8. The fourth-order valence-electron chi connectivity index (χ4n) is 4.96. The normalized spacial score (nSPS) is 30.1. The minimum absolute atomic E-state index is 0.00953. The summed E-state index contributed by atoms with van der Waals surface area (Å²) in [6.45, 7) is 4.08. The number of phenolic OH excluding ortho intramolecular Hbond substituents is 2. The third-order valence-corrected chi connectivity index (χ3v) is 6.86. The van der Waals surface area contributed by atoms with Crippen LogP contribution in [-0.2, 0) is 18.9 Å². The molecule has 0 spiro atoms. The van der Waals surface area contributed by atoms with E-state index in [1.807, 2.05) is 25.1 Å². The number of phenols is 2. The van der Waals surface area contributed by atoms with E-state index in [1.54, 1.807) is 30.3 Å². The van der Waals surface area contributed by atoms with Crippen LogP contribution < -0.4 is 0 Å². The van der Waals surface area contributed by atoms with Crippen molar-refractivity contribution >= 4 is 0 Å². The van der Waals surface area contributed by atoms with Crippen LogP contribution in [0.25, 0.3) is 0 Å². The summed E-state index contributed by atoms with van der Waals surface area (Å²) in [6.07, 6.45) is 3.38. The molecule has 35 heavy (non-hydrogen) atoms. The molecule has 2 aliphatic heterocycles. The molecule has 0 bridgehead atoms. The first-order valence-electron chi connectivity index (χ1n) is 12.8. The molecule has 0 aliphatic carbocycles. The smallest absolute Gasteiger partial charge is 0.188 e. The van der Waals surface area contributed by atoms with E-state index in [4.69, 9.17) is 18.9 Å². The molecule has 2 heterocycles. The van der Waals surface area contributed by atoms with Crippen molar-refractivity contribution in [1.82, 2.24) is 0 Å². The van der Waals surface area contributed by atoms with Gasteiger partial charge in [-0.05, 0) is 57.6 Å². The first-order chi connectivity index (χ1) is 16.9. The van der Waals surface area contributed by atoms with Crippen molar-refractivity contribution in [2.24, 2.45) is 0 Å².